The number of anilines is 1. The summed E-state index contributed by atoms with van der Waals surface area (Å²) in [5.41, 5.74) is 1.13. The number of carbonyl (C=O) groups is 2. The minimum Gasteiger partial charge on any atom is -0.376 e. The lowest BCUT2D eigenvalue weighted by molar-refractivity contribution is 0.0858. The minimum atomic E-state index is -3.72. The van der Waals surface area contributed by atoms with Gasteiger partial charge >= 0.3 is 0 Å². The van der Waals surface area contributed by atoms with Crippen LogP contribution in [0.5, 0.6) is 0 Å². The first-order valence-electron chi connectivity index (χ1n) is 10.3. The van der Waals surface area contributed by atoms with Gasteiger partial charge in [0.2, 0.25) is 15.0 Å². The van der Waals surface area contributed by atoms with Crippen molar-refractivity contribution in [3.05, 3.63) is 32.9 Å². The molecule has 0 spiro atoms. The molecule has 0 radical (unpaired) electrons. The van der Waals surface area contributed by atoms with Crippen molar-refractivity contribution in [3.8, 4) is 0 Å². The van der Waals surface area contributed by atoms with Crippen molar-refractivity contribution >= 4 is 49.6 Å². The molecule has 0 bridgehead atoms. The number of hydrogen-bond acceptors (Lipinski definition) is 8. The van der Waals surface area contributed by atoms with Crippen LogP contribution in [0.2, 0.25) is 5.02 Å². The second-order valence-electron chi connectivity index (χ2n) is 7.84. The number of carbonyl (C=O) groups excluding carboxylic acids is 2. The molecule has 1 atom stereocenters. The van der Waals surface area contributed by atoms with E-state index in [2.05, 4.69) is 20.6 Å². The maximum Gasteiger partial charge on any atom is 0.276 e. The van der Waals surface area contributed by atoms with Gasteiger partial charge in [0, 0.05) is 24.3 Å². The van der Waals surface area contributed by atoms with Crippen LogP contribution in [0, 0.1) is 0 Å². The Bertz CT molecular complexity index is 1160. The number of hydrogen-bond donors (Lipinski definition) is 2. The lowest BCUT2D eigenvalue weighted by Gasteiger charge is -2.15. The summed E-state index contributed by atoms with van der Waals surface area (Å²) >= 11 is 7.42. The fraction of sp³-hybridized carbons (Fsp3) is 0.500. The summed E-state index contributed by atoms with van der Waals surface area (Å²) in [6.07, 6.45) is 7.50. The van der Waals surface area contributed by atoms with Crippen molar-refractivity contribution in [1.82, 2.24) is 15.3 Å². The molecule has 0 unspecified atom stereocenters. The predicted molar refractivity (Wildman–Crippen MR) is 120 cm³/mol. The van der Waals surface area contributed by atoms with Gasteiger partial charge in [-0.1, -0.05) is 11.6 Å². The molecule has 2 N–H and O–H groups in total. The van der Waals surface area contributed by atoms with Gasteiger partial charge in [-0.2, -0.15) is 0 Å². The van der Waals surface area contributed by atoms with E-state index in [0.717, 1.165) is 61.4 Å². The molecular weight excluding hydrogens is 476 g/mol. The van der Waals surface area contributed by atoms with Gasteiger partial charge < -0.3 is 15.4 Å². The number of amides is 2. The van der Waals surface area contributed by atoms with Gasteiger partial charge in [0.1, 0.15) is 5.00 Å². The summed E-state index contributed by atoms with van der Waals surface area (Å²) in [5, 5.41) is 5.49. The van der Waals surface area contributed by atoms with Crippen LogP contribution in [0.1, 0.15) is 57.0 Å². The lowest BCUT2D eigenvalue weighted by atomic mass is 9.95. The van der Waals surface area contributed by atoms with Gasteiger partial charge in [-0.25, -0.2) is 18.4 Å². The van der Waals surface area contributed by atoms with Crippen LogP contribution in [-0.2, 0) is 27.4 Å². The number of ether oxygens (including phenoxy) is 1. The zero-order valence-corrected chi connectivity index (χ0v) is 19.8. The molecule has 2 amide bonds. The van der Waals surface area contributed by atoms with Crippen molar-refractivity contribution in [2.75, 3.05) is 24.7 Å². The highest BCUT2D eigenvalue weighted by Gasteiger charge is 2.28. The number of sulfone groups is 1. The van der Waals surface area contributed by atoms with Crippen molar-refractivity contribution in [2.24, 2.45) is 0 Å². The molecule has 12 heteroatoms. The monoisotopic (exact) mass is 498 g/mol. The predicted octanol–water partition coefficient (Wildman–Crippen LogP) is 2.63. The van der Waals surface area contributed by atoms with E-state index in [0.29, 0.717) is 23.7 Å². The molecule has 1 saturated heterocycles. The molecule has 9 nitrogen and oxygen atoms in total. The van der Waals surface area contributed by atoms with Crippen LogP contribution in [0.15, 0.2) is 11.4 Å². The average molecular weight is 499 g/mol. The Hall–Kier alpha value is -2.08. The van der Waals surface area contributed by atoms with Crippen LogP contribution >= 0.6 is 22.9 Å². The van der Waals surface area contributed by atoms with Crippen LogP contribution in [0.3, 0.4) is 0 Å². The van der Waals surface area contributed by atoms with Crippen molar-refractivity contribution < 1.29 is 22.7 Å². The zero-order valence-electron chi connectivity index (χ0n) is 17.4. The summed E-state index contributed by atoms with van der Waals surface area (Å²) in [6.45, 7) is 1.11. The summed E-state index contributed by atoms with van der Waals surface area (Å²) in [7, 11) is -3.72. The van der Waals surface area contributed by atoms with Gasteiger partial charge in [-0.3, -0.25) is 9.59 Å². The van der Waals surface area contributed by atoms with Crippen molar-refractivity contribution in [2.45, 2.75) is 49.8 Å². The van der Waals surface area contributed by atoms with Crippen molar-refractivity contribution in [1.29, 1.82) is 0 Å². The van der Waals surface area contributed by atoms with E-state index < -0.39 is 20.9 Å². The second kappa shape index (κ2) is 9.42. The fourth-order valence-electron chi connectivity index (χ4n) is 3.85. The first-order chi connectivity index (χ1) is 15.2. The molecule has 0 saturated carbocycles. The molecule has 1 aliphatic heterocycles. The number of fused-ring (bicyclic) bond motifs is 1. The molecular formula is C20H23ClN4O5S2. The molecule has 172 valence electrons. The first kappa shape index (κ1) is 23.1. The molecule has 1 aliphatic carbocycles. The quantitative estimate of drug-likeness (QED) is 0.586. The fourth-order valence-corrected chi connectivity index (χ4v) is 5.81. The maximum absolute atomic E-state index is 13.1. The highest BCUT2D eigenvalue weighted by atomic mass is 35.5. The summed E-state index contributed by atoms with van der Waals surface area (Å²) < 4.78 is 29.1. The number of aromatic nitrogens is 2. The number of thiophene rings is 1. The van der Waals surface area contributed by atoms with E-state index in [4.69, 9.17) is 16.3 Å². The summed E-state index contributed by atoms with van der Waals surface area (Å²) in [4.78, 5) is 34.6. The molecule has 32 heavy (non-hydrogen) atoms. The standard InChI is InChI=1S/C20H23ClN4O5S2/c1-32(28,29)20-23-10-13(21)16(24-20)18(27)25-19-15(12-6-2-3-7-14(12)31-19)17(26)22-9-11-5-4-8-30-11/h10-11H,2-9H2,1H3,(H,22,26)(H,25,27)/t11-/m0/s1. The van der Waals surface area contributed by atoms with Gasteiger partial charge in [0.15, 0.2) is 5.69 Å². The van der Waals surface area contributed by atoms with Gasteiger partial charge in [-0.05, 0) is 44.1 Å². The van der Waals surface area contributed by atoms with E-state index in [1.54, 1.807) is 0 Å². The Morgan fingerprint density at radius 2 is 2.03 bits per heavy atom. The molecule has 3 heterocycles. The van der Waals surface area contributed by atoms with Crippen LogP contribution < -0.4 is 10.6 Å². The number of halogens is 1. The smallest absolute Gasteiger partial charge is 0.276 e. The number of rotatable bonds is 6. The molecule has 0 aromatic carbocycles. The zero-order chi connectivity index (χ0) is 22.9. The van der Waals surface area contributed by atoms with Gasteiger partial charge in [-0.15, -0.1) is 11.3 Å². The number of nitrogens with one attached hydrogen (secondary N) is 2. The third kappa shape index (κ3) is 4.95. The maximum atomic E-state index is 13.1. The number of nitrogens with zero attached hydrogens (tertiary/aromatic N) is 2. The molecule has 4 rings (SSSR count). The third-order valence-electron chi connectivity index (χ3n) is 5.41. The summed E-state index contributed by atoms with van der Waals surface area (Å²) in [5.74, 6) is -0.963. The minimum absolute atomic E-state index is 0.000641. The summed E-state index contributed by atoms with van der Waals surface area (Å²) in [6, 6.07) is 0. The highest BCUT2D eigenvalue weighted by molar-refractivity contribution is 7.90. The Kier molecular flexibility index (Phi) is 6.80. The second-order valence-corrected chi connectivity index (χ2v) is 11.3. The molecule has 2 aliphatic rings. The Balaban J connectivity index is 1.61. The molecule has 1 fully saturated rings. The average Bonchev–Trinajstić information content (AvgIpc) is 3.38. The largest absolute Gasteiger partial charge is 0.376 e. The van der Waals surface area contributed by atoms with E-state index >= 15 is 0 Å². The van der Waals surface area contributed by atoms with E-state index in [9.17, 15) is 18.0 Å². The van der Waals surface area contributed by atoms with Crippen LogP contribution in [0.4, 0.5) is 5.00 Å². The highest BCUT2D eigenvalue weighted by Crippen LogP contribution is 2.38. The normalized spacial score (nSPS) is 18.2. The van der Waals surface area contributed by atoms with Crippen LogP contribution in [-0.4, -0.2) is 55.7 Å². The Morgan fingerprint density at radius 1 is 1.25 bits per heavy atom. The van der Waals surface area contributed by atoms with Gasteiger partial charge in [0.05, 0.1) is 22.9 Å². The number of aryl methyl sites for hydroxylation is 1. The van der Waals surface area contributed by atoms with E-state index in [-0.39, 0.29) is 22.7 Å². The topological polar surface area (TPSA) is 127 Å². The first-order valence-corrected chi connectivity index (χ1v) is 13.4. The lowest BCUT2D eigenvalue weighted by Crippen LogP contribution is -2.32. The Morgan fingerprint density at radius 3 is 2.75 bits per heavy atom. The molecule has 2 aromatic rings. The van der Waals surface area contributed by atoms with E-state index in [1.165, 1.54) is 11.3 Å². The van der Waals surface area contributed by atoms with E-state index in [1.807, 2.05) is 0 Å². The van der Waals surface area contributed by atoms with Crippen LogP contribution in [0.25, 0.3) is 0 Å². The Labute approximate surface area is 194 Å². The SMILES string of the molecule is CS(=O)(=O)c1ncc(Cl)c(C(=O)Nc2sc3c(c2C(=O)NC[C@@H]2CCCO2)CCCC3)n1. The van der Waals surface area contributed by atoms with Crippen molar-refractivity contribution in [3.63, 3.8) is 0 Å². The third-order valence-corrected chi connectivity index (χ3v) is 7.75. The molecule has 2 aromatic heterocycles. The van der Waals surface area contributed by atoms with Gasteiger partial charge in [0.25, 0.3) is 11.8 Å².